The summed E-state index contributed by atoms with van der Waals surface area (Å²) in [5.74, 6) is 1.63. The number of unbranched alkanes of at least 4 members (excludes halogenated alkanes) is 1. The minimum Gasteiger partial charge on any atom is -0.490 e. The number of carbonyl (C=O) groups is 2. The van der Waals surface area contributed by atoms with E-state index in [4.69, 9.17) is 9.72 Å². The minimum atomic E-state index is -0.297. The largest absolute Gasteiger partial charge is 0.490 e. The highest BCUT2D eigenvalue weighted by molar-refractivity contribution is 7.17. The first kappa shape index (κ1) is 24.9. The molecular formula is C29H33N5O3S. The number of rotatable bonds is 9. The van der Waals surface area contributed by atoms with E-state index in [1.807, 2.05) is 30.8 Å². The Morgan fingerprint density at radius 2 is 2.13 bits per heavy atom. The first-order valence-electron chi connectivity index (χ1n) is 13.5. The number of hydrogen-bond acceptors (Lipinski definition) is 7. The molecule has 4 heterocycles. The summed E-state index contributed by atoms with van der Waals surface area (Å²) >= 11 is 1.44. The second-order valence-electron chi connectivity index (χ2n) is 11.1. The molecule has 8 nitrogen and oxygen atoms in total. The summed E-state index contributed by atoms with van der Waals surface area (Å²) in [5.41, 5.74) is 3.59. The highest BCUT2D eigenvalue weighted by Crippen LogP contribution is 2.42. The lowest BCUT2D eigenvalue weighted by Gasteiger charge is -2.29. The Bertz CT molecular complexity index is 1400. The van der Waals surface area contributed by atoms with E-state index in [1.54, 1.807) is 6.08 Å². The molecule has 3 aliphatic rings. The number of carbonyl (C=O) groups excluding carboxylic acids is 2. The van der Waals surface area contributed by atoms with Crippen LogP contribution >= 0.6 is 11.3 Å². The van der Waals surface area contributed by atoms with Crippen molar-refractivity contribution in [3.63, 3.8) is 0 Å². The van der Waals surface area contributed by atoms with E-state index in [2.05, 4.69) is 39.7 Å². The van der Waals surface area contributed by atoms with Crippen molar-refractivity contribution in [2.45, 2.75) is 64.5 Å². The molecule has 0 unspecified atom stereocenters. The van der Waals surface area contributed by atoms with Crippen LogP contribution in [0.1, 0.15) is 61.3 Å². The monoisotopic (exact) mass is 531 g/mol. The van der Waals surface area contributed by atoms with Crippen LogP contribution in [0, 0.1) is 5.92 Å². The number of thiazole rings is 1. The number of amides is 1. The van der Waals surface area contributed by atoms with Gasteiger partial charge in [-0.05, 0) is 69.2 Å². The van der Waals surface area contributed by atoms with Crippen molar-refractivity contribution in [3.8, 4) is 16.9 Å². The number of nitrogens with one attached hydrogen (secondary N) is 1. The van der Waals surface area contributed by atoms with E-state index in [-0.39, 0.29) is 17.2 Å². The van der Waals surface area contributed by atoms with Gasteiger partial charge in [0.25, 0.3) is 5.91 Å². The number of hydrogen-bond donors (Lipinski definition) is 1. The van der Waals surface area contributed by atoms with Crippen LogP contribution in [0.3, 0.4) is 0 Å². The third-order valence-electron chi connectivity index (χ3n) is 7.21. The van der Waals surface area contributed by atoms with E-state index >= 15 is 0 Å². The van der Waals surface area contributed by atoms with Gasteiger partial charge in [0.15, 0.2) is 10.9 Å². The first-order chi connectivity index (χ1) is 18.3. The SMILES string of the molecule is CC1(C)Cc2nc(N3CCOc4ccc(-c5cnn(CCCCC(=O)C=CC6CC6)c5)cc43)sc2C(=O)N1. The van der Waals surface area contributed by atoms with Gasteiger partial charge in [-0.1, -0.05) is 23.5 Å². The number of nitrogens with zero attached hydrogens (tertiary/aromatic N) is 4. The van der Waals surface area contributed by atoms with E-state index < -0.39 is 0 Å². The molecule has 0 bridgehead atoms. The van der Waals surface area contributed by atoms with Crippen molar-refractivity contribution in [2.24, 2.45) is 5.92 Å². The zero-order chi connectivity index (χ0) is 26.3. The van der Waals surface area contributed by atoms with Crippen LogP contribution in [-0.2, 0) is 17.8 Å². The molecule has 9 heteroatoms. The van der Waals surface area contributed by atoms with Gasteiger partial charge >= 0.3 is 0 Å². The number of ether oxygens (including phenoxy) is 1. The molecule has 6 rings (SSSR count). The molecule has 0 saturated heterocycles. The van der Waals surface area contributed by atoms with Crippen molar-refractivity contribution < 1.29 is 14.3 Å². The lowest BCUT2D eigenvalue weighted by Crippen LogP contribution is -2.48. The topological polar surface area (TPSA) is 89.3 Å². The van der Waals surface area contributed by atoms with Crippen LogP contribution in [0.25, 0.3) is 11.1 Å². The van der Waals surface area contributed by atoms with Gasteiger partial charge in [-0.25, -0.2) is 4.98 Å². The molecule has 1 aliphatic carbocycles. The Morgan fingerprint density at radius 3 is 2.97 bits per heavy atom. The number of aromatic nitrogens is 3. The van der Waals surface area contributed by atoms with Gasteiger partial charge in [0, 0.05) is 36.7 Å². The normalized spacial score (nSPS) is 18.2. The molecule has 1 fully saturated rings. The summed E-state index contributed by atoms with van der Waals surface area (Å²) in [6, 6.07) is 6.17. The Balaban J connectivity index is 1.14. The Morgan fingerprint density at radius 1 is 1.26 bits per heavy atom. The average molecular weight is 532 g/mol. The first-order valence-corrected chi connectivity index (χ1v) is 14.3. The van der Waals surface area contributed by atoms with Crippen LogP contribution in [0.4, 0.5) is 10.8 Å². The molecule has 0 radical (unpaired) electrons. The maximum atomic E-state index is 12.7. The van der Waals surface area contributed by atoms with Gasteiger partial charge < -0.3 is 15.0 Å². The molecule has 1 saturated carbocycles. The third kappa shape index (κ3) is 5.38. The third-order valence-corrected chi connectivity index (χ3v) is 8.33. The summed E-state index contributed by atoms with van der Waals surface area (Å²) < 4.78 is 7.90. The lowest BCUT2D eigenvalue weighted by molar-refractivity contribution is -0.114. The fourth-order valence-electron chi connectivity index (χ4n) is 5.00. The summed E-state index contributed by atoms with van der Waals surface area (Å²) in [4.78, 5) is 32.4. The summed E-state index contributed by atoms with van der Waals surface area (Å²) in [6.07, 6.45) is 13.3. The molecular weight excluding hydrogens is 498 g/mol. The fraction of sp³-hybridized carbons (Fsp3) is 0.448. The van der Waals surface area contributed by atoms with Crippen LogP contribution < -0.4 is 15.0 Å². The van der Waals surface area contributed by atoms with E-state index in [9.17, 15) is 9.59 Å². The molecule has 0 atom stereocenters. The van der Waals surface area contributed by atoms with E-state index in [1.165, 1.54) is 24.2 Å². The molecule has 1 N–H and O–H groups in total. The predicted octanol–water partition coefficient (Wildman–Crippen LogP) is 5.31. The maximum Gasteiger partial charge on any atom is 0.263 e. The smallest absolute Gasteiger partial charge is 0.263 e. The molecule has 3 aromatic rings. The van der Waals surface area contributed by atoms with Gasteiger partial charge in [0.1, 0.15) is 17.2 Å². The number of aryl methyl sites for hydroxylation is 1. The highest BCUT2D eigenvalue weighted by atomic mass is 32.1. The fourth-order valence-corrected chi connectivity index (χ4v) is 6.02. The molecule has 1 amide bonds. The van der Waals surface area contributed by atoms with Crippen LogP contribution in [0.2, 0.25) is 0 Å². The molecule has 2 aliphatic heterocycles. The molecule has 1 aromatic carbocycles. The number of anilines is 2. The van der Waals surface area contributed by atoms with Crippen molar-refractivity contribution in [1.82, 2.24) is 20.1 Å². The summed E-state index contributed by atoms with van der Waals surface area (Å²) in [6.45, 7) is 6.06. The summed E-state index contributed by atoms with van der Waals surface area (Å²) in [7, 11) is 0. The zero-order valence-electron chi connectivity index (χ0n) is 21.9. The highest BCUT2D eigenvalue weighted by Gasteiger charge is 2.34. The van der Waals surface area contributed by atoms with Crippen LogP contribution in [0.5, 0.6) is 5.75 Å². The standard InChI is InChI=1S/C29H33N5O3S/c1-29(2)16-23-26(27(36)32-29)38-28(31-23)34-13-14-37-25-11-9-20(15-24(25)34)21-17-30-33(18-21)12-4-3-5-22(35)10-8-19-6-7-19/h8-11,15,17-19H,3-7,12-14,16H2,1-2H3,(H,32,36). The Kier molecular flexibility index (Phi) is 6.55. The quantitative estimate of drug-likeness (QED) is 0.297. The zero-order valence-corrected chi connectivity index (χ0v) is 22.7. The Hall–Kier alpha value is -3.46. The lowest BCUT2D eigenvalue weighted by atomic mass is 9.94. The molecule has 0 spiro atoms. The summed E-state index contributed by atoms with van der Waals surface area (Å²) in [5, 5.41) is 8.45. The van der Waals surface area contributed by atoms with Gasteiger partial charge in [-0.15, -0.1) is 0 Å². The number of allylic oxidation sites excluding steroid dienone is 2. The average Bonchev–Trinajstić information content (AvgIpc) is 3.43. The van der Waals surface area contributed by atoms with Crippen LogP contribution in [0.15, 0.2) is 42.7 Å². The molecule has 38 heavy (non-hydrogen) atoms. The van der Waals surface area contributed by atoms with Gasteiger partial charge in [-0.2, -0.15) is 5.10 Å². The van der Waals surface area contributed by atoms with Crippen molar-refractivity contribution in [1.29, 1.82) is 0 Å². The van der Waals surface area contributed by atoms with Crippen molar-refractivity contribution in [3.05, 3.63) is 53.3 Å². The Labute approximate surface area is 226 Å². The maximum absolute atomic E-state index is 12.7. The van der Waals surface area contributed by atoms with Gasteiger partial charge in [0.2, 0.25) is 0 Å². The van der Waals surface area contributed by atoms with Gasteiger partial charge in [-0.3, -0.25) is 14.3 Å². The van der Waals surface area contributed by atoms with Gasteiger partial charge in [0.05, 0.1) is 24.1 Å². The molecule has 2 aromatic heterocycles. The number of fused-ring (bicyclic) bond motifs is 2. The number of benzene rings is 1. The second kappa shape index (κ2) is 10.0. The molecule has 198 valence electrons. The van der Waals surface area contributed by atoms with E-state index in [0.717, 1.165) is 52.8 Å². The van der Waals surface area contributed by atoms with Crippen LogP contribution in [-0.4, -0.2) is 45.1 Å². The second-order valence-corrected chi connectivity index (χ2v) is 12.1. The predicted molar refractivity (Wildman–Crippen MR) is 148 cm³/mol. The number of ketones is 1. The van der Waals surface area contributed by atoms with E-state index in [0.29, 0.717) is 36.8 Å². The minimum absolute atomic E-state index is 0.0475. The van der Waals surface area contributed by atoms with Crippen molar-refractivity contribution >= 4 is 33.8 Å². The van der Waals surface area contributed by atoms with Crippen molar-refractivity contribution in [2.75, 3.05) is 18.1 Å².